The monoisotopic (exact) mass is 446 g/mol. The van der Waals surface area contributed by atoms with Gasteiger partial charge in [0.05, 0.1) is 5.02 Å². The smallest absolute Gasteiger partial charge is 0.283 e. The molecule has 0 aliphatic carbocycles. The maximum atomic E-state index is 13.3. The van der Waals surface area contributed by atoms with Crippen LogP contribution in [0, 0.1) is 0 Å². The van der Waals surface area contributed by atoms with E-state index in [9.17, 15) is 22.4 Å². The van der Waals surface area contributed by atoms with Crippen molar-refractivity contribution in [2.45, 2.75) is 51.6 Å². The number of rotatable bonds is 7. The maximum absolute atomic E-state index is 13.3. The van der Waals surface area contributed by atoms with Crippen LogP contribution in [0.15, 0.2) is 24.3 Å². The molecule has 1 aliphatic rings. The molecule has 1 saturated heterocycles. The fraction of sp³-hybridized carbons (Fsp3) is 0.500. The molecule has 1 aromatic heterocycles. The molecule has 3 rings (SSSR count). The molecule has 1 N–H and O–H groups in total. The first kappa shape index (κ1) is 22.6. The predicted molar refractivity (Wildman–Crippen MR) is 106 cm³/mol. The SMILES string of the molecule is CC(C(=O)Nc1ccc(CN2CCCCC2)cc1)n1nc(C(F)F)c(Cl)c1C(F)F. The van der Waals surface area contributed by atoms with Crippen LogP contribution in [0.5, 0.6) is 0 Å². The van der Waals surface area contributed by atoms with Gasteiger partial charge >= 0.3 is 0 Å². The summed E-state index contributed by atoms with van der Waals surface area (Å²) in [7, 11) is 0. The topological polar surface area (TPSA) is 50.2 Å². The summed E-state index contributed by atoms with van der Waals surface area (Å²) >= 11 is 5.65. The third-order valence-electron chi connectivity index (χ3n) is 5.15. The molecule has 0 radical (unpaired) electrons. The molecule has 5 nitrogen and oxygen atoms in total. The summed E-state index contributed by atoms with van der Waals surface area (Å²) in [6, 6.07) is 5.96. The lowest BCUT2D eigenvalue weighted by molar-refractivity contribution is -0.119. The summed E-state index contributed by atoms with van der Waals surface area (Å²) in [5.41, 5.74) is -0.288. The number of hydrogen-bond acceptors (Lipinski definition) is 3. The molecular weight excluding hydrogens is 424 g/mol. The second-order valence-electron chi connectivity index (χ2n) is 7.33. The van der Waals surface area contributed by atoms with Gasteiger partial charge in [0.2, 0.25) is 5.91 Å². The third kappa shape index (κ3) is 5.13. The van der Waals surface area contributed by atoms with Gasteiger partial charge in [0.25, 0.3) is 12.9 Å². The Bertz CT molecular complexity index is 866. The lowest BCUT2D eigenvalue weighted by Crippen LogP contribution is -2.29. The van der Waals surface area contributed by atoms with Gasteiger partial charge in [-0.25, -0.2) is 22.2 Å². The molecule has 164 valence electrons. The van der Waals surface area contributed by atoms with Gasteiger partial charge in [-0.15, -0.1) is 0 Å². The van der Waals surface area contributed by atoms with Crippen LogP contribution in [-0.2, 0) is 11.3 Å². The molecule has 1 aliphatic heterocycles. The summed E-state index contributed by atoms with van der Waals surface area (Å²) in [5, 5.41) is 5.25. The lowest BCUT2D eigenvalue weighted by atomic mass is 10.1. The first-order chi connectivity index (χ1) is 14.3. The van der Waals surface area contributed by atoms with Gasteiger partial charge in [0.1, 0.15) is 17.4 Å². The molecule has 1 aromatic carbocycles. The Morgan fingerprint density at radius 1 is 1.10 bits per heavy atom. The Labute approximate surface area is 177 Å². The number of nitrogens with zero attached hydrogens (tertiary/aromatic N) is 3. The fourth-order valence-electron chi connectivity index (χ4n) is 3.50. The van der Waals surface area contributed by atoms with E-state index in [2.05, 4.69) is 15.3 Å². The Kier molecular flexibility index (Phi) is 7.36. The molecule has 1 amide bonds. The van der Waals surface area contributed by atoms with E-state index in [1.165, 1.54) is 26.2 Å². The van der Waals surface area contributed by atoms with Crippen molar-refractivity contribution in [1.29, 1.82) is 0 Å². The van der Waals surface area contributed by atoms with Crippen molar-refractivity contribution in [3.8, 4) is 0 Å². The highest BCUT2D eigenvalue weighted by Crippen LogP contribution is 2.36. The average molecular weight is 447 g/mol. The van der Waals surface area contributed by atoms with Crippen LogP contribution in [0.1, 0.15) is 62.0 Å². The van der Waals surface area contributed by atoms with E-state index in [0.29, 0.717) is 10.4 Å². The van der Waals surface area contributed by atoms with Gasteiger partial charge in [0.15, 0.2) is 0 Å². The maximum Gasteiger partial charge on any atom is 0.283 e. The van der Waals surface area contributed by atoms with Crippen molar-refractivity contribution in [2.75, 3.05) is 18.4 Å². The highest BCUT2D eigenvalue weighted by Gasteiger charge is 2.31. The molecule has 0 saturated carbocycles. The van der Waals surface area contributed by atoms with Crippen molar-refractivity contribution in [2.24, 2.45) is 0 Å². The van der Waals surface area contributed by atoms with E-state index < -0.39 is 41.2 Å². The zero-order chi connectivity index (χ0) is 21.8. The van der Waals surface area contributed by atoms with E-state index in [4.69, 9.17) is 11.6 Å². The normalized spacial score (nSPS) is 16.3. The van der Waals surface area contributed by atoms with Crippen LogP contribution < -0.4 is 5.32 Å². The molecule has 2 heterocycles. The Morgan fingerprint density at radius 2 is 1.73 bits per heavy atom. The molecule has 1 unspecified atom stereocenters. The quantitative estimate of drug-likeness (QED) is 0.563. The summed E-state index contributed by atoms with van der Waals surface area (Å²) in [5.74, 6) is -0.666. The van der Waals surface area contributed by atoms with Crippen molar-refractivity contribution in [3.05, 3.63) is 46.2 Å². The Hall–Kier alpha value is -2.13. The number of nitrogens with one attached hydrogen (secondary N) is 1. The van der Waals surface area contributed by atoms with E-state index >= 15 is 0 Å². The number of carbonyl (C=O) groups is 1. The Morgan fingerprint density at radius 3 is 2.30 bits per heavy atom. The molecule has 30 heavy (non-hydrogen) atoms. The summed E-state index contributed by atoms with van der Waals surface area (Å²) in [4.78, 5) is 14.9. The van der Waals surface area contributed by atoms with Crippen molar-refractivity contribution < 1.29 is 22.4 Å². The number of benzene rings is 1. The van der Waals surface area contributed by atoms with Crippen LogP contribution in [0.2, 0.25) is 5.02 Å². The van der Waals surface area contributed by atoms with E-state index in [0.717, 1.165) is 25.2 Å². The average Bonchev–Trinajstić information content (AvgIpc) is 3.07. The van der Waals surface area contributed by atoms with E-state index in [1.54, 1.807) is 12.1 Å². The van der Waals surface area contributed by atoms with Gasteiger partial charge in [-0.2, -0.15) is 5.10 Å². The minimum Gasteiger partial charge on any atom is -0.324 e. The highest BCUT2D eigenvalue weighted by atomic mass is 35.5. The second kappa shape index (κ2) is 9.78. The van der Waals surface area contributed by atoms with Gasteiger partial charge in [-0.1, -0.05) is 30.2 Å². The molecule has 1 atom stereocenters. The van der Waals surface area contributed by atoms with Crippen molar-refractivity contribution in [3.63, 3.8) is 0 Å². The number of anilines is 1. The lowest BCUT2D eigenvalue weighted by Gasteiger charge is -2.26. The number of likely N-dealkylation sites (tertiary alicyclic amines) is 1. The zero-order valence-corrected chi connectivity index (χ0v) is 17.2. The molecule has 0 spiro atoms. The Balaban J connectivity index is 1.69. The minimum absolute atomic E-state index is 0.472. The summed E-state index contributed by atoms with van der Waals surface area (Å²) in [6.07, 6.45) is -2.64. The number of carbonyl (C=O) groups excluding carboxylic acids is 1. The van der Waals surface area contributed by atoms with Crippen molar-refractivity contribution >= 4 is 23.2 Å². The fourth-order valence-corrected chi connectivity index (χ4v) is 3.79. The number of halogens is 5. The van der Waals surface area contributed by atoms with Crippen LogP contribution >= 0.6 is 11.6 Å². The van der Waals surface area contributed by atoms with Gasteiger partial charge in [-0.3, -0.25) is 9.69 Å². The van der Waals surface area contributed by atoms with Gasteiger partial charge in [-0.05, 0) is 50.6 Å². The zero-order valence-electron chi connectivity index (χ0n) is 16.4. The van der Waals surface area contributed by atoms with E-state index in [-0.39, 0.29) is 0 Å². The molecule has 10 heteroatoms. The van der Waals surface area contributed by atoms with Gasteiger partial charge in [0, 0.05) is 12.2 Å². The number of alkyl halides is 4. The summed E-state index contributed by atoms with van der Waals surface area (Å²) in [6.45, 7) is 4.25. The minimum atomic E-state index is -3.15. The molecule has 2 aromatic rings. The molecule has 0 bridgehead atoms. The summed E-state index contributed by atoms with van der Waals surface area (Å²) < 4.78 is 53.2. The largest absolute Gasteiger partial charge is 0.324 e. The molecule has 1 fully saturated rings. The number of hydrogen-bond donors (Lipinski definition) is 1. The van der Waals surface area contributed by atoms with Crippen LogP contribution in [0.3, 0.4) is 0 Å². The highest BCUT2D eigenvalue weighted by molar-refractivity contribution is 6.32. The molecular formula is C20H23ClF4N4O. The predicted octanol–water partition coefficient (Wildman–Crippen LogP) is 5.60. The number of aromatic nitrogens is 2. The number of amides is 1. The van der Waals surface area contributed by atoms with Crippen molar-refractivity contribution in [1.82, 2.24) is 14.7 Å². The van der Waals surface area contributed by atoms with Crippen LogP contribution in [0.4, 0.5) is 23.2 Å². The first-order valence-electron chi connectivity index (χ1n) is 9.74. The standard InChI is InChI=1S/C20H23ClF4N4O/c1-12(29-17(19(24)25)15(21)16(27-29)18(22)23)20(30)26-14-7-5-13(6-8-14)11-28-9-3-2-4-10-28/h5-8,12,18-19H,2-4,9-11H2,1H3,(H,26,30). The first-order valence-corrected chi connectivity index (χ1v) is 10.1. The number of piperidine rings is 1. The van der Waals surface area contributed by atoms with Gasteiger partial charge < -0.3 is 5.32 Å². The van der Waals surface area contributed by atoms with Crippen LogP contribution in [0.25, 0.3) is 0 Å². The second-order valence-corrected chi connectivity index (χ2v) is 7.71. The third-order valence-corrected chi connectivity index (χ3v) is 5.54. The van der Waals surface area contributed by atoms with Crippen LogP contribution in [-0.4, -0.2) is 33.7 Å². The van der Waals surface area contributed by atoms with E-state index in [1.807, 2.05) is 12.1 Å².